The predicted octanol–water partition coefficient (Wildman–Crippen LogP) is 13.3. The molecule has 0 aliphatic heterocycles. The molecular formula is C63H94ClN13O9S4. The van der Waals surface area contributed by atoms with E-state index < -0.39 is 35.3 Å². The van der Waals surface area contributed by atoms with Gasteiger partial charge in [-0.3, -0.25) is 19.2 Å². The Morgan fingerprint density at radius 3 is 1.12 bits per heavy atom. The number of nitrogens with zero attached hydrogens (tertiary/aromatic N) is 5. The first-order valence-electron chi connectivity index (χ1n) is 32.1. The van der Waals surface area contributed by atoms with Gasteiger partial charge in [-0.05, 0) is 142 Å². The molecule has 0 aromatic carbocycles. The van der Waals surface area contributed by atoms with Gasteiger partial charge in [-0.2, -0.15) is 5.26 Å². The largest absolute Gasteiger partial charge is 0.481 e. The first kappa shape index (κ1) is 71.7. The Hall–Kier alpha value is -5.72. The molecule has 0 radical (unpaired) electrons. The highest BCUT2D eigenvalue weighted by Crippen LogP contribution is 2.42. The van der Waals surface area contributed by atoms with Crippen molar-refractivity contribution in [3.63, 3.8) is 0 Å². The molecule has 4 heterocycles. The van der Waals surface area contributed by atoms with Gasteiger partial charge in [0.1, 0.15) is 11.2 Å². The van der Waals surface area contributed by atoms with Crippen molar-refractivity contribution in [2.45, 2.75) is 255 Å². The maximum atomic E-state index is 12.3. The molecule has 8 fully saturated rings. The van der Waals surface area contributed by atoms with E-state index in [1.54, 1.807) is 66.1 Å². The van der Waals surface area contributed by atoms with Gasteiger partial charge in [-0.15, -0.1) is 57.8 Å². The number of ether oxygens (including phenoxy) is 2. The third-order valence-electron chi connectivity index (χ3n) is 17.0. The summed E-state index contributed by atoms with van der Waals surface area (Å²) >= 11 is 6.47. The molecule has 1 unspecified atom stereocenters. The molecule has 5 amide bonds. The summed E-state index contributed by atoms with van der Waals surface area (Å²) in [4.78, 5) is 91.7. The number of nitrogen functional groups attached to an aromatic ring is 1. The Balaban J connectivity index is 0.000000163. The molecule has 4 aromatic heterocycles. The standard InChI is InChI=1S/C18H27N3O3S.C14H18N4OS.C13H19N3OS.C9H14N2S.C9H15NO4.ClH/c1-18(2,3)24-17(23)20-13-9-12(13)15(22)21-16-19-10-14(25-16)11-7-5-4-6-8-11;15-8-17-11-6-10(11)13(19)18-14-16-7-12(20-14)9-4-2-1-3-5-9;14-10-6-9(10)12(17)16-13-15-7-11(18-13)8-4-2-1-3-5-8;10-9-11-6-8(12-9)7-4-2-1-3-5-7;1-9(2,3)14-8(13)10-6-4-5(6)7(11)12;/h10-13H,4-9H2,1-3H3,(H,20,23)(H,19,21,22);7,9-11,17H,1-6H2,(H,16,18,19);7-10H,1-6,14H2,(H,15,16,17);6-7H,1-5H2,(H2,10,11);5-6H,4H2,1-3H3,(H,10,13)(H,11,12);1H/t12-,13-;10-,11-;9-,10-;;5?,6-;/m000.0./s1. The minimum absolute atomic E-state index is 0. The third-order valence-corrected chi connectivity index (χ3v) is 21.2. The van der Waals surface area contributed by atoms with Crippen LogP contribution in [-0.2, 0) is 28.7 Å². The van der Waals surface area contributed by atoms with Crippen LogP contribution in [0, 0.1) is 35.1 Å². The molecule has 4 aromatic rings. The van der Waals surface area contributed by atoms with Crippen LogP contribution in [0.5, 0.6) is 0 Å². The van der Waals surface area contributed by atoms with Crippen LogP contribution in [-0.4, -0.2) is 96.3 Å². The van der Waals surface area contributed by atoms with E-state index in [0.29, 0.717) is 40.9 Å². The van der Waals surface area contributed by atoms with E-state index in [1.165, 1.54) is 148 Å². The number of carboxylic acids is 1. The Bertz CT molecular complexity index is 3020. The van der Waals surface area contributed by atoms with Crippen molar-refractivity contribution in [1.82, 2.24) is 35.9 Å². The number of carbonyl (C=O) groups is 6. The molecule has 0 bridgehead atoms. The highest BCUT2D eigenvalue weighted by Gasteiger charge is 2.47. The summed E-state index contributed by atoms with van der Waals surface area (Å²) in [6.07, 6.45) is 37.4. The minimum Gasteiger partial charge on any atom is -0.481 e. The van der Waals surface area contributed by atoms with Crippen molar-refractivity contribution in [2.75, 3.05) is 21.7 Å². The van der Waals surface area contributed by atoms with Crippen molar-refractivity contribution < 1.29 is 43.3 Å². The maximum Gasteiger partial charge on any atom is 0.407 e. The lowest BCUT2D eigenvalue weighted by molar-refractivity contribution is -0.138. The van der Waals surface area contributed by atoms with Gasteiger partial charge >= 0.3 is 18.2 Å². The van der Waals surface area contributed by atoms with Gasteiger partial charge in [0.05, 0.1) is 23.7 Å². The molecule has 12 rings (SSSR count). The number of nitriles is 1. The maximum absolute atomic E-state index is 12.3. The minimum atomic E-state index is -0.869. The molecule has 90 heavy (non-hydrogen) atoms. The third kappa shape index (κ3) is 23.8. The number of alkyl carbamates (subject to hydrolysis) is 2. The fourth-order valence-corrected chi connectivity index (χ4v) is 15.5. The predicted molar refractivity (Wildman–Crippen MR) is 356 cm³/mol. The molecule has 8 saturated carbocycles. The van der Waals surface area contributed by atoms with E-state index in [9.17, 15) is 28.8 Å². The van der Waals surface area contributed by atoms with E-state index >= 15 is 0 Å². The van der Waals surface area contributed by atoms with Crippen LogP contribution in [0.4, 0.5) is 30.1 Å². The number of nitrogens with two attached hydrogens (primary N) is 2. The summed E-state index contributed by atoms with van der Waals surface area (Å²) in [5, 5.41) is 36.4. The number of hydrogen-bond donors (Lipinski definition) is 9. The monoisotopic (exact) mass is 1340 g/mol. The van der Waals surface area contributed by atoms with Crippen molar-refractivity contribution in [2.24, 2.45) is 29.4 Å². The first-order valence-corrected chi connectivity index (χ1v) is 35.4. The van der Waals surface area contributed by atoms with Crippen LogP contribution in [0.15, 0.2) is 24.8 Å². The van der Waals surface area contributed by atoms with Crippen LogP contribution in [0.25, 0.3) is 0 Å². The number of halogens is 1. The second-order valence-corrected chi connectivity index (χ2v) is 31.1. The van der Waals surface area contributed by atoms with E-state index in [4.69, 9.17) is 31.3 Å². The van der Waals surface area contributed by atoms with E-state index in [1.807, 2.05) is 51.8 Å². The average molecular weight is 1340 g/mol. The number of rotatable bonds is 14. The van der Waals surface area contributed by atoms with Gasteiger partial charge in [0.25, 0.3) is 0 Å². The van der Waals surface area contributed by atoms with Gasteiger partial charge in [-0.25, -0.2) is 29.5 Å². The van der Waals surface area contributed by atoms with Gasteiger partial charge in [-0.1, -0.05) is 77.0 Å². The van der Waals surface area contributed by atoms with Crippen molar-refractivity contribution in [3.05, 3.63) is 44.3 Å². The van der Waals surface area contributed by atoms with Crippen LogP contribution >= 0.6 is 57.8 Å². The fraction of sp³-hybridized carbons (Fsp3) is 0.698. The van der Waals surface area contributed by atoms with Gasteiger partial charge in [0, 0.05) is 68.5 Å². The van der Waals surface area contributed by atoms with Crippen molar-refractivity contribution in [1.29, 1.82) is 5.26 Å². The Labute approximate surface area is 551 Å². The smallest absolute Gasteiger partial charge is 0.407 e. The molecule has 0 spiro atoms. The molecule has 0 saturated heterocycles. The highest BCUT2D eigenvalue weighted by molar-refractivity contribution is 7.16. The summed E-state index contributed by atoms with van der Waals surface area (Å²) < 4.78 is 10.2. The fourth-order valence-electron chi connectivity index (χ4n) is 11.7. The lowest BCUT2D eigenvalue weighted by Gasteiger charge is -2.19. The quantitative estimate of drug-likeness (QED) is 0.0418. The van der Waals surface area contributed by atoms with Crippen LogP contribution in [0.1, 0.15) is 239 Å². The topological polar surface area (TPSA) is 341 Å². The SMILES string of the molecule is CC(C)(C)OC(=O)N[C@H]1CC1C(=O)O.CC(C)(C)OC(=O)N[C@H]1C[C@@H]1C(=O)Nc1ncc(C2CCCCC2)s1.Cl.N#CN[C@H]1C[C@@H]1C(=O)Nc1ncc(C2CCCCC2)s1.N[C@H]1C[C@@H]1C(=O)Nc1ncc(C2CCCCC2)s1.Nc1ncc(C2CCCCC2)s1. The highest BCUT2D eigenvalue weighted by atomic mass is 35.5. The van der Waals surface area contributed by atoms with Crippen LogP contribution in [0.3, 0.4) is 0 Å². The second-order valence-electron chi connectivity index (χ2n) is 26.9. The molecule has 8 atom stereocenters. The van der Waals surface area contributed by atoms with E-state index in [2.05, 4.69) is 51.8 Å². The van der Waals surface area contributed by atoms with Crippen molar-refractivity contribution >= 4 is 114 Å². The van der Waals surface area contributed by atoms with Gasteiger partial charge < -0.3 is 57.9 Å². The normalized spacial score (nSPS) is 24.5. The van der Waals surface area contributed by atoms with E-state index in [-0.39, 0.29) is 72.0 Å². The number of aromatic nitrogens is 4. The Morgan fingerprint density at radius 2 is 0.811 bits per heavy atom. The Kier molecular flexibility index (Phi) is 26.9. The van der Waals surface area contributed by atoms with Crippen LogP contribution < -0.4 is 43.4 Å². The number of thiazole rings is 4. The molecule has 22 nitrogen and oxygen atoms in total. The molecule has 8 aliphatic carbocycles. The summed E-state index contributed by atoms with van der Waals surface area (Å²) in [6, 6.07) is -0.337. The first-order chi connectivity index (χ1) is 42.5. The molecule has 11 N–H and O–H groups in total. The van der Waals surface area contributed by atoms with Gasteiger partial charge in [0.2, 0.25) is 17.7 Å². The summed E-state index contributed by atoms with van der Waals surface area (Å²) in [5.41, 5.74) is 10.2. The summed E-state index contributed by atoms with van der Waals surface area (Å²) in [7, 11) is 0. The zero-order chi connectivity index (χ0) is 63.8. The van der Waals surface area contributed by atoms with Gasteiger partial charge in [0.15, 0.2) is 26.7 Å². The average Bonchev–Trinajstić information content (AvgIpc) is 1.92. The summed E-state index contributed by atoms with van der Waals surface area (Å²) in [6.45, 7) is 10.7. The second kappa shape index (κ2) is 33.7. The zero-order valence-electron chi connectivity index (χ0n) is 52.9. The summed E-state index contributed by atoms with van der Waals surface area (Å²) in [5.74, 6) is 0.977. The molecule has 8 aliphatic rings. The number of anilines is 4. The van der Waals surface area contributed by atoms with E-state index in [0.717, 1.165) is 29.0 Å². The number of carboxylic acid groups (broad SMARTS) is 1. The molecule has 496 valence electrons. The number of hydrogen-bond acceptors (Lipinski definition) is 20. The number of nitrogens with one attached hydrogen (secondary N) is 6. The molecule has 27 heteroatoms. The number of aliphatic carboxylic acids is 1. The zero-order valence-corrected chi connectivity index (χ0v) is 56.9. The number of amides is 5. The lowest BCUT2D eigenvalue weighted by Crippen LogP contribution is -2.35. The molecular weight excluding hydrogens is 1250 g/mol. The Morgan fingerprint density at radius 1 is 0.500 bits per heavy atom. The van der Waals surface area contributed by atoms with Crippen LogP contribution in [0.2, 0.25) is 0 Å². The number of carbonyl (C=O) groups excluding carboxylic acids is 5. The lowest BCUT2D eigenvalue weighted by atomic mass is 9.89. The van der Waals surface area contributed by atoms with Crippen molar-refractivity contribution in [3.8, 4) is 6.19 Å².